The summed E-state index contributed by atoms with van der Waals surface area (Å²) < 4.78 is 5.06. The standard InChI is InChI=1S/C15H16N2O2/c1-10-4-3-5-13(16)14(10)15(18)17-11-6-8-12(19-2)9-7-11/h3-9H,16H2,1-2H3,(H,17,18). The number of anilines is 2. The van der Waals surface area contributed by atoms with Gasteiger partial charge in [0.1, 0.15) is 5.75 Å². The number of rotatable bonds is 3. The Morgan fingerprint density at radius 2 is 1.84 bits per heavy atom. The van der Waals surface area contributed by atoms with E-state index in [1.165, 1.54) is 0 Å². The summed E-state index contributed by atoms with van der Waals surface area (Å²) in [6.45, 7) is 1.86. The molecule has 2 aromatic rings. The predicted octanol–water partition coefficient (Wildman–Crippen LogP) is 2.84. The zero-order chi connectivity index (χ0) is 13.8. The number of hydrogen-bond donors (Lipinski definition) is 2. The van der Waals surface area contributed by atoms with Crippen LogP contribution in [0, 0.1) is 6.92 Å². The van der Waals surface area contributed by atoms with Crippen LogP contribution >= 0.6 is 0 Å². The molecule has 0 saturated heterocycles. The van der Waals surface area contributed by atoms with Gasteiger partial charge in [-0.3, -0.25) is 4.79 Å². The number of methoxy groups -OCH3 is 1. The first-order chi connectivity index (χ1) is 9.11. The number of carbonyl (C=O) groups excluding carboxylic acids is 1. The normalized spacial score (nSPS) is 10.0. The molecule has 0 aliphatic heterocycles. The van der Waals surface area contributed by atoms with Gasteiger partial charge in [0.15, 0.2) is 0 Å². The number of carbonyl (C=O) groups is 1. The van der Waals surface area contributed by atoms with E-state index in [0.29, 0.717) is 16.9 Å². The highest BCUT2D eigenvalue weighted by atomic mass is 16.5. The van der Waals surface area contributed by atoms with Crippen LogP contribution < -0.4 is 15.8 Å². The van der Waals surface area contributed by atoms with E-state index < -0.39 is 0 Å². The first-order valence-corrected chi connectivity index (χ1v) is 5.92. The van der Waals surface area contributed by atoms with Gasteiger partial charge in [-0.1, -0.05) is 12.1 Å². The molecule has 98 valence electrons. The van der Waals surface area contributed by atoms with Crippen molar-refractivity contribution in [1.82, 2.24) is 0 Å². The van der Waals surface area contributed by atoms with E-state index in [9.17, 15) is 4.79 Å². The van der Waals surface area contributed by atoms with Crippen LogP contribution in [0.4, 0.5) is 11.4 Å². The van der Waals surface area contributed by atoms with Crippen LogP contribution in [0.5, 0.6) is 5.75 Å². The van der Waals surface area contributed by atoms with Crippen LogP contribution in [0.15, 0.2) is 42.5 Å². The summed E-state index contributed by atoms with van der Waals surface area (Å²) >= 11 is 0. The molecule has 0 aromatic heterocycles. The minimum absolute atomic E-state index is 0.208. The molecule has 0 fully saturated rings. The van der Waals surface area contributed by atoms with Crippen LogP contribution in [0.2, 0.25) is 0 Å². The molecule has 1 amide bonds. The lowest BCUT2D eigenvalue weighted by Crippen LogP contribution is -2.15. The van der Waals surface area contributed by atoms with Crippen molar-refractivity contribution < 1.29 is 9.53 Å². The van der Waals surface area contributed by atoms with Crippen LogP contribution in [-0.2, 0) is 0 Å². The molecule has 0 unspecified atom stereocenters. The van der Waals surface area contributed by atoms with Gasteiger partial charge in [-0.15, -0.1) is 0 Å². The average Bonchev–Trinajstić information content (AvgIpc) is 2.39. The van der Waals surface area contributed by atoms with Crippen molar-refractivity contribution in [3.63, 3.8) is 0 Å². The maximum absolute atomic E-state index is 12.2. The molecule has 0 aliphatic rings. The van der Waals surface area contributed by atoms with Crippen LogP contribution in [0.3, 0.4) is 0 Å². The van der Waals surface area contributed by atoms with E-state index in [1.807, 2.05) is 19.1 Å². The van der Waals surface area contributed by atoms with E-state index in [0.717, 1.165) is 11.3 Å². The summed E-state index contributed by atoms with van der Waals surface area (Å²) in [6.07, 6.45) is 0. The zero-order valence-corrected chi connectivity index (χ0v) is 10.9. The SMILES string of the molecule is COc1ccc(NC(=O)c2c(C)cccc2N)cc1. The smallest absolute Gasteiger partial charge is 0.258 e. The van der Waals surface area contributed by atoms with Crippen molar-refractivity contribution in [2.45, 2.75) is 6.92 Å². The summed E-state index contributed by atoms with van der Waals surface area (Å²) in [7, 11) is 1.60. The van der Waals surface area contributed by atoms with E-state index in [4.69, 9.17) is 10.5 Å². The third-order valence-electron chi connectivity index (χ3n) is 2.88. The lowest BCUT2D eigenvalue weighted by molar-refractivity contribution is 0.102. The van der Waals surface area contributed by atoms with Gasteiger partial charge in [-0.05, 0) is 42.8 Å². The number of nitrogens with one attached hydrogen (secondary N) is 1. The largest absolute Gasteiger partial charge is 0.497 e. The number of nitrogen functional groups attached to an aromatic ring is 1. The molecular weight excluding hydrogens is 240 g/mol. The topological polar surface area (TPSA) is 64.3 Å². The Bertz CT molecular complexity index is 571. The first kappa shape index (κ1) is 13.0. The van der Waals surface area contributed by atoms with Gasteiger partial charge in [-0.2, -0.15) is 0 Å². The quantitative estimate of drug-likeness (QED) is 0.830. The first-order valence-electron chi connectivity index (χ1n) is 5.92. The number of hydrogen-bond acceptors (Lipinski definition) is 3. The third kappa shape index (κ3) is 2.85. The molecule has 0 heterocycles. The zero-order valence-electron chi connectivity index (χ0n) is 10.9. The Kier molecular flexibility index (Phi) is 3.71. The maximum atomic E-state index is 12.2. The van der Waals surface area contributed by atoms with Gasteiger partial charge in [0, 0.05) is 11.4 Å². The minimum Gasteiger partial charge on any atom is -0.497 e. The Labute approximate surface area is 112 Å². The highest BCUT2D eigenvalue weighted by Crippen LogP contribution is 2.20. The number of benzene rings is 2. The van der Waals surface area contributed by atoms with Crippen molar-refractivity contribution in [2.75, 3.05) is 18.2 Å². The van der Waals surface area contributed by atoms with Crippen molar-refractivity contribution >= 4 is 17.3 Å². The van der Waals surface area contributed by atoms with Gasteiger partial charge >= 0.3 is 0 Å². The molecule has 4 heteroatoms. The molecule has 0 spiro atoms. The Hall–Kier alpha value is -2.49. The molecule has 0 bridgehead atoms. The Balaban J connectivity index is 2.21. The van der Waals surface area contributed by atoms with Gasteiger partial charge in [0.2, 0.25) is 0 Å². The van der Waals surface area contributed by atoms with Gasteiger partial charge in [-0.25, -0.2) is 0 Å². The van der Waals surface area contributed by atoms with E-state index >= 15 is 0 Å². The summed E-state index contributed by atoms with van der Waals surface area (Å²) in [5.41, 5.74) is 8.39. The monoisotopic (exact) mass is 256 g/mol. The lowest BCUT2D eigenvalue weighted by atomic mass is 10.1. The summed E-state index contributed by atoms with van der Waals surface area (Å²) in [4.78, 5) is 12.2. The predicted molar refractivity (Wildman–Crippen MR) is 76.5 cm³/mol. The van der Waals surface area contributed by atoms with Crippen LogP contribution in [-0.4, -0.2) is 13.0 Å². The van der Waals surface area contributed by atoms with Gasteiger partial charge in [0.25, 0.3) is 5.91 Å². The number of amides is 1. The molecule has 19 heavy (non-hydrogen) atoms. The molecule has 0 aliphatic carbocycles. The van der Waals surface area contributed by atoms with Gasteiger partial charge < -0.3 is 15.8 Å². The van der Waals surface area contributed by atoms with E-state index in [2.05, 4.69) is 5.32 Å². The van der Waals surface area contributed by atoms with E-state index in [1.54, 1.807) is 37.4 Å². The Morgan fingerprint density at radius 3 is 2.42 bits per heavy atom. The van der Waals surface area contributed by atoms with Crippen LogP contribution in [0.1, 0.15) is 15.9 Å². The molecule has 4 nitrogen and oxygen atoms in total. The van der Waals surface area contributed by atoms with Crippen LogP contribution in [0.25, 0.3) is 0 Å². The van der Waals surface area contributed by atoms with Gasteiger partial charge in [0.05, 0.1) is 12.7 Å². The summed E-state index contributed by atoms with van der Waals surface area (Å²) in [6, 6.07) is 12.5. The van der Waals surface area contributed by atoms with Crippen molar-refractivity contribution in [3.8, 4) is 5.75 Å². The fourth-order valence-corrected chi connectivity index (χ4v) is 1.87. The average molecular weight is 256 g/mol. The molecule has 0 atom stereocenters. The molecule has 0 radical (unpaired) electrons. The third-order valence-corrected chi connectivity index (χ3v) is 2.88. The second-order valence-electron chi connectivity index (χ2n) is 4.22. The number of nitrogens with two attached hydrogens (primary N) is 1. The highest BCUT2D eigenvalue weighted by molar-refractivity contribution is 6.08. The van der Waals surface area contributed by atoms with Crippen molar-refractivity contribution in [1.29, 1.82) is 0 Å². The number of ether oxygens (including phenoxy) is 1. The molecule has 2 aromatic carbocycles. The summed E-state index contributed by atoms with van der Waals surface area (Å²) in [5.74, 6) is 0.536. The van der Waals surface area contributed by atoms with Crippen molar-refractivity contribution in [2.24, 2.45) is 0 Å². The second kappa shape index (κ2) is 5.44. The fraction of sp³-hybridized carbons (Fsp3) is 0.133. The fourth-order valence-electron chi connectivity index (χ4n) is 1.87. The molecular formula is C15H16N2O2. The molecule has 0 saturated carbocycles. The van der Waals surface area contributed by atoms with E-state index in [-0.39, 0.29) is 5.91 Å². The Morgan fingerprint density at radius 1 is 1.16 bits per heavy atom. The number of aryl methyl sites for hydroxylation is 1. The molecule has 2 rings (SSSR count). The molecule has 3 N–H and O–H groups in total. The minimum atomic E-state index is -0.208. The maximum Gasteiger partial charge on any atom is 0.258 e. The summed E-state index contributed by atoms with van der Waals surface area (Å²) in [5, 5.41) is 2.82. The lowest BCUT2D eigenvalue weighted by Gasteiger charge is -2.10. The second-order valence-corrected chi connectivity index (χ2v) is 4.22. The highest BCUT2D eigenvalue weighted by Gasteiger charge is 2.12. The van der Waals surface area contributed by atoms with Crippen molar-refractivity contribution in [3.05, 3.63) is 53.6 Å².